The first kappa shape index (κ1) is 25.0. The number of sulfonamides is 1. The van der Waals surface area contributed by atoms with E-state index in [2.05, 4.69) is 5.10 Å². The van der Waals surface area contributed by atoms with Crippen molar-refractivity contribution in [2.75, 3.05) is 19.7 Å². The maximum absolute atomic E-state index is 13.8. The van der Waals surface area contributed by atoms with Gasteiger partial charge in [-0.25, -0.2) is 8.42 Å². The van der Waals surface area contributed by atoms with Gasteiger partial charge in [-0.05, 0) is 37.1 Å². The summed E-state index contributed by atoms with van der Waals surface area (Å²) in [5.41, 5.74) is -0.308. The predicted octanol–water partition coefficient (Wildman–Crippen LogP) is 3.96. The van der Waals surface area contributed by atoms with Crippen LogP contribution >= 0.6 is 0 Å². The lowest BCUT2D eigenvalue weighted by Gasteiger charge is -2.21. The monoisotopic (exact) mass is 511 g/mol. The summed E-state index contributed by atoms with van der Waals surface area (Å²) >= 11 is 0. The van der Waals surface area contributed by atoms with E-state index in [4.69, 9.17) is 4.74 Å². The summed E-state index contributed by atoms with van der Waals surface area (Å²) in [4.78, 5) is 10.5. The van der Waals surface area contributed by atoms with E-state index in [0.29, 0.717) is 22.7 Å². The molecule has 0 bridgehead atoms. The summed E-state index contributed by atoms with van der Waals surface area (Å²) in [5, 5.41) is 14.3. The minimum absolute atomic E-state index is 0.0139. The van der Waals surface area contributed by atoms with Crippen molar-refractivity contribution >= 4 is 26.9 Å². The maximum Gasteiger partial charge on any atom is 0.417 e. The normalized spacial score (nSPS) is 19.3. The van der Waals surface area contributed by atoms with Crippen molar-refractivity contribution in [1.29, 1.82) is 0 Å². The average molecular weight is 512 g/mol. The van der Waals surface area contributed by atoms with Crippen LogP contribution in [-0.4, -0.2) is 53.3 Å². The van der Waals surface area contributed by atoms with Crippen LogP contribution in [0.15, 0.2) is 47.4 Å². The average Bonchev–Trinajstić information content (AvgIpc) is 3.34. The fraction of sp³-hybridized carbons (Fsp3) is 0.391. The number of halogens is 3. The minimum atomic E-state index is -4.90. The van der Waals surface area contributed by atoms with Gasteiger partial charge in [-0.15, -0.1) is 0 Å². The molecule has 0 radical (unpaired) electrons. The zero-order valence-electron chi connectivity index (χ0n) is 19.0. The number of aliphatic carboxylic acids is 1. The topological polar surface area (TPSA) is 102 Å². The summed E-state index contributed by atoms with van der Waals surface area (Å²) < 4.78 is 75.9. The van der Waals surface area contributed by atoms with E-state index in [-0.39, 0.29) is 37.8 Å². The number of carboxylic acids is 1. The molecular weight excluding hydrogens is 487 g/mol. The summed E-state index contributed by atoms with van der Waals surface area (Å²) in [6.07, 6.45) is -5.21. The molecule has 0 unspecified atom stereocenters. The molecule has 1 saturated heterocycles. The molecule has 0 aliphatic carbocycles. The largest absolute Gasteiger partial charge is 0.494 e. The standard InChI is InChI=1S/C23H24F3N3O5S/c1-3-34-15-8-9-21(17(10-15)23(24,25)26)35(32,33)28-12-14(2)20(13-28)29-19-7-5-4-6-16(19)18(27-29)11-22(30)31/h4-10,14,20H,3,11-13H2,1-2H3,(H,30,31)/t14-,20+/m1/s1. The molecule has 0 spiro atoms. The van der Waals surface area contributed by atoms with Gasteiger partial charge in [0.05, 0.1) is 40.7 Å². The Morgan fingerprint density at radius 1 is 1.20 bits per heavy atom. The molecule has 2 aromatic carbocycles. The van der Waals surface area contributed by atoms with Crippen LogP contribution in [0, 0.1) is 5.92 Å². The second-order valence-electron chi connectivity index (χ2n) is 8.43. The number of para-hydroxylation sites is 1. The summed E-state index contributed by atoms with van der Waals surface area (Å²) in [6, 6.07) is 9.35. The van der Waals surface area contributed by atoms with E-state index >= 15 is 0 Å². The molecule has 1 N–H and O–H groups in total. The van der Waals surface area contributed by atoms with Gasteiger partial charge in [-0.3, -0.25) is 9.48 Å². The molecule has 8 nitrogen and oxygen atoms in total. The molecule has 0 amide bonds. The molecule has 4 rings (SSSR count). The van der Waals surface area contributed by atoms with E-state index in [9.17, 15) is 31.5 Å². The Labute approximate surface area is 200 Å². The Hall–Kier alpha value is -3.12. The van der Waals surface area contributed by atoms with Gasteiger partial charge in [-0.2, -0.15) is 22.6 Å². The van der Waals surface area contributed by atoms with Crippen molar-refractivity contribution in [3.63, 3.8) is 0 Å². The molecule has 2 atom stereocenters. The van der Waals surface area contributed by atoms with Gasteiger partial charge < -0.3 is 9.84 Å². The third kappa shape index (κ3) is 4.72. The van der Waals surface area contributed by atoms with Crippen molar-refractivity contribution in [3.05, 3.63) is 53.7 Å². The SMILES string of the molecule is CCOc1ccc(S(=O)(=O)N2C[C@@H](C)[C@@H](n3nc(CC(=O)O)c4ccccc43)C2)c(C(F)(F)F)c1. The molecule has 35 heavy (non-hydrogen) atoms. The van der Waals surface area contributed by atoms with Crippen molar-refractivity contribution < 1.29 is 36.2 Å². The van der Waals surface area contributed by atoms with Crippen LogP contribution < -0.4 is 4.74 Å². The number of hydrogen-bond donors (Lipinski definition) is 1. The van der Waals surface area contributed by atoms with E-state index < -0.39 is 38.7 Å². The van der Waals surface area contributed by atoms with Crippen LogP contribution in [0.2, 0.25) is 0 Å². The summed E-state index contributed by atoms with van der Waals surface area (Å²) in [5.74, 6) is -1.41. The highest BCUT2D eigenvalue weighted by molar-refractivity contribution is 7.89. The molecule has 1 aliphatic rings. The fourth-order valence-electron chi connectivity index (χ4n) is 4.45. The second-order valence-corrected chi connectivity index (χ2v) is 10.3. The highest BCUT2D eigenvalue weighted by Gasteiger charge is 2.44. The summed E-state index contributed by atoms with van der Waals surface area (Å²) in [7, 11) is -4.50. The van der Waals surface area contributed by atoms with Crippen LogP contribution in [-0.2, 0) is 27.4 Å². The highest BCUT2D eigenvalue weighted by Crippen LogP contribution is 2.40. The predicted molar refractivity (Wildman–Crippen MR) is 121 cm³/mol. The lowest BCUT2D eigenvalue weighted by atomic mass is 10.1. The Morgan fingerprint density at radius 2 is 1.91 bits per heavy atom. The molecule has 1 aliphatic heterocycles. The highest BCUT2D eigenvalue weighted by atomic mass is 32.2. The molecule has 1 aromatic heterocycles. The first-order valence-corrected chi connectivity index (χ1v) is 12.4. The van der Waals surface area contributed by atoms with Gasteiger partial charge in [0.2, 0.25) is 10.0 Å². The van der Waals surface area contributed by atoms with Gasteiger partial charge in [0, 0.05) is 18.5 Å². The van der Waals surface area contributed by atoms with Crippen LogP contribution in [0.3, 0.4) is 0 Å². The van der Waals surface area contributed by atoms with Gasteiger partial charge >= 0.3 is 12.1 Å². The van der Waals surface area contributed by atoms with E-state index in [1.54, 1.807) is 42.8 Å². The molecule has 0 saturated carbocycles. The molecule has 2 heterocycles. The van der Waals surface area contributed by atoms with Crippen molar-refractivity contribution in [1.82, 2.24) is 14.1 Å². The van der Waals surface area contributed by atoms with Crippen LogP contribution in [0.4, 0.5) is 13.2 Å². The third-order valence-corrected chi connectivity index (χ3v) is 7.94. The molecule has 1 fully saturated rings. The van der Waals surface area contributed by atoms with Crippen molar-refractivity contribution in [3.8, 4) is 5.75 Å². The number of carbonyl (C=O) groups is 1. The van der Waals surface area contributed by atoms with Crippen LogP contribution in [0.1, 0.15) is 31.1 Å². The zero-order valence-corrected chi connectivity index (χ0v) is 19.8. The second kappa shape index (κ2) is 9.15. The van der Waals surface area contributed by atoms with Crippen LogP contribution in [0.5, 0.6) is 5.75 Å². The molecule has 12 heteroatoms. The molecular formula is C23H24F3N3O5S. The van der Waals surface area contributed by atoms with E-state index in [0.717, 1.165) is 10.4 Å². The van der Waals surface area contributed by atoms with Crippen molar-refractivity contribution in [2.24, 2.45) is 5.92 Å². The molecule has 3 aromatic rings. The Morgan fingerprint density at radius 3 is 2.57 bits per heavy atom. The fourth-order valence-corrected chi connectivity index (χ4v) is 6.20. The number of rotatable bonds is 7. The van der Waals surface area contributed by atoms with Gasteiger partial charge in [0.1, 0.15) is 5.75 Å². The molecule has 188 valence electrons. The lowest BCUT2D eigenvalue weighted by Crippen LogP contribution is -2.31. The van der Waals surface area contributed by atoms with Crippen LogP contribution in [0.25, 0.3) is 10.9 Å². The number of ether oxygens (including phenoxy) is 1. The number of nitrogens with zero attached hydrogens (tertiary/aromatic N) is 3. The first-order chi connectivity index (χ1) is 16.4. The minimum Gasteiger partial charge on any atom is -0.494 e. The Balaban J connectivity index is 1.72. The quantitative estimate of drug-likeness (QED) is 0.515. The number of aromatic nitrogens is 2. The zero-order chi connectivity index (χ0) is 25.5. The number of benzene rings is 2. The van der Waals surface area contributed by atoms with Gasteiger partial charge in [-0.1, -0.05) is 25.1 Å². The van der Waals surface area contributed by atoms with E-state index in [1.807, 2.05) is 0 Å². The lowest BCUT2D eigenvalue weighted by molar-refractivity contribution is -0.140. The Bertz CT molecular complexity index is 1370. The van der Waals surface area contributed by atoms with Gasteiger partial charge in [0.25, 0.3) is 0 Å². The number of hydrogen-bond acceptors (Lipinski definition) is 5. The van der Waals surface area contributed by atoms with Gasteiger partial charge in [0.15, 0.2) is 0 Å². The maximum atomic E-state index is 13.8. The number of fused-ring (bicyclic) bond motifs is 1. The summed E-state index contributed by atoms with van der Waals surface area (Å²) in [6.45, 7) is 3.42. The van der Waals surface area contributed by atoms with E-state index in [1.165, 1.54) is 6.07 Å². The van der Waals surface area contributed by atoms with Crippen molar-refractivity contribution in [2.45, 2.75) is 37.4 Å². The number of carboxylic acid groups (broad SMARTS) is 1. The smallest absolute Gasteiger partial charge is 0.417 e. The third-order valence-electron chi connectivity index (χ3n) is 6.05. The first-order valence-electron chi connectivity index (χ1n) is 11.0. The number of alkyl halides is 3. The Kier molecular flexibility index (Phi) is 6.54.